The Hall–Kier alpha value is -1.63. The molecular weight excluding hydrogens is 283 g/mol. The highest BCUT2D eigenvalue weighted by Gasteiger charge is 2.26. The van der Waals surface area contributed by atoms with Crippen molar-refractivity contribution in [2.45, 2.75) is 30.6 Å². The molecule has 108 valence electrons. The average Bonchev–Trinajstić information content (AvgIpc) is 2.85. The molecule has 0 saturated heterocycles. The highest BCUT2D eigenvalue weighted by Crippen LogP contribution is 2.28. The molecule has 1 fully saturated rings. The van der Waals surface area contributed by atoms with E-state index in [-0.39, 0.29) is 17.5 Å². The minimum Gasteiger partial charge on any atom is -0.349 e. The molecule has 1 aliphatic rings. The predicted molar refractivity (Wildman–Crippen MR) is 75.5 cm³/mol. The normalized spacial score (nSPS) is 21.7. The van der Waals surface area contributed by atoms with E-state index in [4.69, 9.17) is 0 Å². The third kappa shape index (κ3) is 3.27. The van der Waals surface area contributed by atoms with Gasteiger partial charge in [0.05, 0.1) is 4.92 Å². The number of rotatable bonds is 4. The fourth-order valence-corrected chi connectivity index (χ4v) is 3.15. The van der Waals surface area contributed by atoms with E-state index >= 15 is 0 Å². The molecule has 0 aromatic heterocycles. The van der Waals surface area contributed by atoms with Gasteiger partial charge in [0.2, 0.25) is 5.82 Å². The van der Waals surface area contributed by atoms with Crippen molar-refractivity contribution in [1.82, 2.24) is 5.32 Å². The first kappa shape index (κ1) is 14.8. The second-order valence-electron chi connectivity index (χ2n) is 4.76. The van der Waals surface area contributed by atoms with Gasteiger partial charge in [0.1, 0.15) is 0 Å². The van der Waals surface area contributed by atoms with Crippen LogP contribution in [-0.4, -0.2) is 28.4 Å². The highest BCUT2D eigenvalue weighted by molar-refractivity contribution is 7.99. The van der Waals surface area contributed by atoms with Gasteiger partial charge in [-0.15, -0.1) is 0 Å². The van der Waals surface area contributed by atoms with Gasteiger partial charge in [-0.2, -0.15) is 16.2 Å². The van der Waals surface area contributed by atoms with Crippen molar-refractivity contribution in [2.24, 2.45) is 0 Å². The largest absolute Gasteiger partial charge is 0.349 e. The number of thioether (sulfide) groups is 1. The molecule has 1 N–H and O–H groups in total. The van der Waals surface area contributed by atoms with E-state index in [9.17, 15) is 19.3 Å². The van der Waals surface area contributed by atoms with E-state index in [1.165, 1.54) is 6.07 Å². The molecule has 0 radical (unpaired) electrons. The summed E-state index contributed by atoms with van der Waals surface area (Å²) in [5.74, 6) is -1.37. The van der Waals surface area contributed by atoms with Gasteiger partial charge < -0.3 is 5.32 Å². The second kappa shape index (κ2) is 6.21. The smallest absolute Gasteiger partial charge is 0.304 e. The first-order valence-electron chi connectivity index (χ1n) is 6.29. The van der Waals surface area contributed by atoms with Gasteiger partial charge in [0.25, 0.3) is 5.91 Å². The molecule has 1 aromatic rings. The Kier molecular flexibility index (Phi) is 4.59. The van der Waals surface area contributed by atoms with E-state index in [2.05, 4.69) is 5.32 Å². The lowest BCUT2D eigenvalue weighted by Crippen LogP contribution is -2.33. The number of amides is 1. The number of halogens is 1. The fraction of sp³-hybridized carbons (Fsp3) is 0.462. The molecule has 2 unspecified atom stereocenters. The number of nitrogens with one attached hydrogen (secondary N) is 1. The molecule has 0 aliphatic heterocycles. The monoisotopic (exact) mass is 298 g/mol. The molecule has 20 heavy (non-hydrogen) atoms. The van der Waals surface area contributed by atoms with E-state index in [0.717, 1.165) is 31.4 Å². The number of carbonyl (C=O) groups is 1. The SMILES string of the molecule is CSC1CCC(NC(=O)c2ccc([N+](=O)[O-])c(F)c2)C1. The van der Waals surface area contributed by atoms with Crippen LogP contribution in [0.4, 0.5) is 10.1 Å². The maximum Gasteiger partial charge on any atom is 0.304 e. The third-order valence-electron chi connectivity index (χ3n) is 3.46. The van der Waals surface area contributed by atoms with Crippen LogP contribution in [0.5, 0.6) is 0 Å². The fourth-order valence-electron chi connectivity index (χ4n) is 2.35. The van der Waals surface area contributed by atoms with Gasteiger partial charge in [0, 0.05) is 22.9 Å². The van der Waals surface area contributed by atoms with E-state index in [1.807, 2.05) is 6.26 Å². The number of hydrogen-bond donors (Lipinski definition) is 1. The van der Waals surface area contributed by atoms with Crippen LogP contribution in [0.1, 0.15) is 29.6 Å². The van der Waals surface area contributed by atoms with Crippen LogP contribution in [0, 0.1) is 15.9 Å². The van der Waals surface area contributed by atoms with Gasteiger partial charge in [0.15, 0.2) is 0 Å². The standard InChI is InChI=1S/C13H15FN2O3S/c1-20-10-4-3-9(7-10)15-13(17)8-2-5-12(16(18)19)11(14)6-8/h2,5-6,9-10H,3-4,7H2,1H3,(H,15,17). The van der Waals surface area contributed by atoms with Crippen LogP contribution in [0.2, 0.25) is 0 Å². The van der Waals surface area contributed by atoms with Crippen LogP contribution in [0.25, 0.3) is 0 Å². The van der Waals surface area contributed by atoms with Crippen LogP contribution < -0.4 is 5.32 Å². The summed E-state index contributed by atoms with van der Waals surface area (Å²) in [6, 6.07) is 3.30. The Bertz CT molecular complexity index is 538. The minimum absolute atomic E-state index is 0.0956. The number of nitro benzene ring substituents is 1. The van der Waals surface area contributed by atoms with Crippen LogP contribution in [-0.2, 0) is 0 Å². The number of carbonyl (C=O) groups excluding carboxylic acids is 1. The predicted octanol–water partition coefficient (Wildman–Crippen LogP) is 2.75. The summed E-state index contributed by atoms with van der Waals surface area (Å²) in [4.78, 5) is 21.7. The summed E-state index contributed by atoms with van der Waals surface area (Å²) in [5, 5.41) is 13.9. The summed E-state index contributed by atoms with van der Waals surface area (Å²) >= 11 is 1.78. The summed E-state index contributed by atoms with van der Waals surface area (Å²) in [7, 11) is 0. The molecule has 1 amide bonds. The van der Waals surface area contributed by atoms with E-state index in [1.54, 1.807) is 11.8 Å². The number of benzene rings is 1. The zero-order valence-electron chi connectivity index (χ0n) is 11.0. The van der Waals surface area contributed by atoms with Crippen molar-refractivity contribution in [3.05, 3.63) is 39.7 Å². The summed E-state index contributed by atoms with van der Waals surface area (Å²) < 4.78 is 13.5. The first-order valence-corrected chi connectivity index (χ1v) is 7.57. The highest BCUT2D eigenvalue weighted by atomic mass is 32.2. The lowest BCUT2D eigenvalue weighted by molar-refractivity contribution is -0.387. The lowest BCUT2D eigenvalue weighted by atomic mass is 10.1. The molecule has 2 rings (SSSR count). The second-order valence-corrected chi connectivity index (χ2v) is 5.90. The van der Waals surface area contributed by atoms with Gasteiger partial charge >= 0.3 is 5.69 Å². The minimum atomic E-state index is -0.990. The first-order chi connectivity index (χ1) is 9.51. The quantitative estimate of drug-likeness (QED) is 0.685. The maximum atomic E-state index is 13.5. The Balaban J connectivity index is 2.03. The van der Waals surface area contributed by atoms with Crippen molar-refractivity contribution in [2.75, 3.05) is 6.26 Å². The molecule has 1 aliphatic carbocycles. The van der Waals surface area contributed by atoms with Crippen LogP contribution >= 0.6 is 11.8 Å². The Labute approximate surface area is 120 Å². The maximum absolute atomic E-state index is 13.5. The lowest BCUT2D eigenvalue weighted by Gasteiger charge is -2.12. The molecular formula is C13H15FN2O3S. The Morgan fingerprint density at radius 2 is 2.25 bits per heavy atom. The molecule has 1 aromatic carbocycles. The molecule has 5 nitrogen and oxygen atoms in total. The van der Waals surface area contributed by atoms with Crippen molar-refractivity contribution >= 4 is 23.4 Å². The summed E-state index contributed by atoms with van der Waals surface area (Å²) in [6.45, 7) is 0. The van der Waals surface area contributed by atoms with Crippen molar-refractivity contribution in [3.63, 3.8) is 0 Å². The van der Waals surface area contributed by atoms with Crippen LogP contribution in [0.3, 0.4) is 0 Å². The zero-order chi connectivity index (χ0) is 14.7. The topological polar surface area (TPSA) is 72.2 Å². The van der Waals surface area contributed by atoms with Crippen molar-refractivity contribution in [3.8, 4) is 0 Å². The average molecular weight is 298 g/mol. The van der Waals surface area contributed by atoms with Gasteiger partial charge in [-0.25, -0.2) is 0 Å². The van der Waals surface area contributed by atoms with Crippen molar-refractivity contribution in [1.29, 1.82) is 0 Å². The van der Waals surface area contributed by atoms with E-state index < -0.39 is 16.4 Å². The Morgan fingerprint density at radius 1 is 1.50 bits per heavy atom. The molecule has 0 heterocycles. The molecule has 1 saturated carbocycles. The molecule has 0 bridgehead atoms. The van der Waals surface area contributed by atoms with Gasteiger partial charge in [-0.3, -0.25) is 14.9 Å². The zero-order valence-corrected chi connectivity index (χ0v) is 11.8. The van der Waals surface area contributed by atoms with Crippen LogP contribution in [0.15, 0.2) is 18.2 Å². The number of nitrogens with zero attached hydrogens (tertiary/aromatic N) is 1. The van der Waals surface area contributed by atoms with Crippen molar-refractivity contribution < 1.29 is 14.1 Å². The van der Waals surface area contributed by atoms with E-state index in [0.29, 0.717) is 5.25 Å². The number of hydrogen-bond acceptors (Lipinski definition) is 4. The van der Waals surface area contributed by atoms with Gasteiger partial charge in [-0.1, -0.05) is 0 Å². The third-order valence-corrected chi connectivity index (χ3v) is 4.55. The molecule has 0 spiro atoms. The molecule has 7 heteroatoms. The Morgan fingerprint density at radius 3 is 2.80 bits per heavy atom. The summed E-state index contributed by atoms with van der Waals surface area (Å²) in [6.07, 6.45) is 4.91. The summed E-state index contributed by atoms with van der Waals surface area (Å²) in [5.41, 5.74) is -0.509. The van der Waals surface area contributed by atoms with Gasteiger partial charge in [-0.05, 0) is 37.7 Å². The number of nitro groups is 1. The molecule has 2 atom stereocenters.